The van der Waals surface area contributed by atoms with Crippen LogP contribution < -0.4 is 0 Å². The molecule has 0 fully saturated rings. The Morgan fingerprint density at radius 1 is 1.50 bits per heavy atom. The van der Waals surface area contributed by atoms with Crippen LogP contribution in [0.5, 0.6) is 0 Å². The maximum Gasteiger partial charge on any atom is 0.121 e. The summed E-state index contributed by atoms with van der Waals surface area (Å²) in [6.07, 6.45) is 2.49. The summed E-state index contributed by atoms with van der Waals surface area (Å²) >= 11 is 1.88. The summed E-state index contributed by atoms with van der Waals surface area (Å²) < 4.78 is 1.94. The predicted octanol–water partition coefficient (Wildman–Crippen LogP) is 0.477. The fourth-order valence-electron chi connectivity index (χ4n) is 2.22. The molecule has 18 heavy (non-hydrogen) atoms. The van der Waals surface area contributed by atoms with Crippen LogP contribution in [0.4, 0.5) is 0 Å². The lowest BCUT2D eigenvalue weighted by Gasteiger charge is -2.27. The van der Waals surface area contributed by atoms with Crippen molar-refractivity contribution in [2.45, 2.75) is 25.6 Å². The van der Waals surface area contributed by atoms with Crippen LogP contribution in [0.3, 0.4) is 0 Å². The molecule has 0 saturated carbocycles. The lowest BCUT2D eigenvalue weighted by molar-refractivity contribution is 0.0915. The molecule has 6 heteroatoms. The van der Waals surface area contributed by atoms with Gasteiger partial charge in [-0.3, -0.25) is 9.58 Å². The minimum absolute atomic E-state index is 0.270. The molecule has 1 aliphatic rings. The van der Waals surface area contributed by atoms with Crippen molar-refractivity contribution in [3.8, 4) is 0 Å². The molecule has 1 atom stereocenters. The van der Waals surface area contributed by atoms with Crippen LogP contribution in [0.1, 0.15) is 23.9 Å². The minimum atomic E-state index is -0.854. The van der Waals surface area contributed by atoms with Crippen molar-refractivity contribution in [1.29, 1.82) is 0 Å². The average molecular weight is 271 g/mol. The second-order valence-corrected chi connectivity index (χ2v) is 5.59. The van der Waals surface area contributed by atoms with Crippen LogP contribution >= 0.6 is 11.8 Å². The van der Waals surface area contributed by atoms with Gasteiger partial charge in [0.2, 0.25) is 0 Å². The van der Waals surface area contributed by atoms with Crippen LogP contribution in [-0.2, 0) is 13.1 Å². The number of fused-ring (bicyclic) bond motifs is 1. The lowest BCUT2D eigenvalue weighted by Crippen LogP contribution is -2.34. The second-order valence-electron chi connectivity index (χ2n) is 4.60. The number of aliphatic hydroxyl groups is 2. The monoisotopic (exact) mass is 271 g/mol. The van der Waals surface area contributed by atoms with Gasteiger partial charge in [-0.2, -0.15) is 16.9 Å². The van der Waals surface area contributed by atoms with Crippen LogP contribution in [-0.4, -0.2) is 56.6 Å². The first-order chi connectivity index (χ1) is 8.74. The van der Waals surface area contributed by atoms with Crippen molar-refractivity contribution in [3.05, 3.63) is 17.5 Å². The molecular weight excluding hydrogens is 250 g/mol. The molecule has 102 valence electrons. The fraction of sp³-hybridized carbons (Fsp3) is 0.750. The number of nitrogens with zero attached hydrogens (tertiary/aromatic N) is 3. The van der Waals surface area contributed by atoms with Gasteiger partial charge >= 0.3 is 0 Å². The van der Waals surface area contributed by atoms with Gasteiger partial charge in [0.25, 0.3) is 0 Å². The standard InChI is InChI=1S/C12H21N3O2S/c1-18-6-2-3-14-4-5-15-10(8-14)7-11(13-15)12(17)9-16/h7,12,16-17H,2-6,8-9H2,1H3/t12-/m1/s1. The number of aromatic nitrogens is 2. The SMILES string of the molecule is CSCCCN1CCn2nc([C@H](O)CO)cc2C1. The Balaban J connectivity index is 1.94. The Hall–Kier alpha value is -0.560. The summed E-state index contributed by atoms with van der Waals surface area (Å²) in [6, 6.07) is 1.90. The number of aliphatic hydroxyl groups excluding tert-OH is 2. The molecule has 0 amide bonds. The van der Waals surface area contributed by atoms with Gasteiger partial charge in [-0.25, -0.2) is 0 Å². The molecule has 5 nitrogen and oxygen atoms in total. The van der Waals surface area contributed by atoms with Crippen molar-refractivity contribution in [2.75, 3.05) is 31.7 Å². The van der Waals surface area contributed by atoms with Crippen molar-refractivity contribution in [3.63, 3.8) is 0 Å². The second kappa shape index (κ2) is 6.56. The van der Waals surface area contributed by atoms with Gasteiger partial charge in [-0.15, -0.1) is 0 Å². The molecule has 0 radical (unpaired) electrons. The van der Waals surface area contributed by atoms with Crippen molar-refractivity contribution in [1.82, 2.24) is 14.7 Å². The molecule has 0 unspecified atom stereocenters. The van der Waals surface area contributed by atoms with Gasteiger partial charge < -0.3 is 10.2 Å². The number of hydrogen-bond acceptors (Lipinski definition) is 5. The molecular formula is C12H21N3O2S. The Labute approximate surface area is 112 Å². The minimum Gasteiger partial charge on any atom is -0.393 e. The summed E-state index contributed by atoms with van der Waals surface area (Å²) in [4.78, 5) is 2.42. The van der Waals surface area contributed by atoms with Gasteiger partial charge in [0.15, 0.2) is 0 Å². The zero-order valence-electron chi connectivity index (χ0n) is 10.7. The van der Waals surface area contributed by atoms with E-state index in [-0.39, 0.29) is 6.61 Å². The summed E-state index contributed by atoms with van der Waals surface area (Å²) in [5.74, 6) is 1.20. The first kappa shape index (κ1) is 13.9. The molecule has 2 heterocycles. The van der Waals surface area contributed by atoms with Crippen molar-refractivity contribution < 1.29 is 10.2 Å². The van der Waals surface area contributed by atoms with Crippen molar-refractivity contribution >= 4 is 11.8 Å². The summed E-state index contributed by atoms with van der Waals surface area (Å²) in [7, 11) is 0. The van der Waals surface area contributed by atoms with E-state index in [0.29, 0.717) is 5.69 Å². The van der Waals surface area contributed by atoms with E-state index in [0.717, 1.165) is 31.9 Å². The Kier molecular flexibility index (Phi) is 5.05. The van der Waals surface area contributed by atoms with Gasteiger partial charge in [0, 0.05) is 13.1 Å². The Morgan fingerprint density at radius 3 is 3.06 bits per heavy atom. The molecule has 2 rings (SSSR count). The van der Waals surface area contributed by atoms with E-state index in [4.69, 9.17) is 5.11 Å². The van der Waals surface area contributed by atoms with E-state index < -0.39 is 6.10 Å². The van der Waals surface area contributed by atoms with E-state index in [1.807, 2.05) is 22.5 Å². The van der Waals surface area contributed by atoms with Crippen LogP contribution in [0.2, 0.25) is 0 Å². The highest BCUT2D eigenvalue weighted by Gasteiger charge is 2.20. The molecule has 0 aliphatic carbocycles. The summed E-state index contributed by atoms with van der Waals surface area (Å²) in [6.45, 7) is 3.61. The van der Waals surface area contributed by atoms with E-state index in [9.17, 15) is 5.11 Å². The van der Waals surface area contributed by atoms with Gasteiger partial charge in [0.1, 0.15) is 6.10 Å². The smallest absolute Gasteiger partial charge is 0.121 e. The molecule has 1 aromatic heterocycles. The lowest BCUT2D eigenvalue weighted by atomic mass is 10.2. The third kappa shape index (κ3) is 3.26. The quantitative estimate of drug-likeness (QED) is 0.737. The predicted molar refractivity (Wildman–Crippen MR) is 72.5 cm³/mol. The third-order valence-corrected chi connectivity index (χ3v) is 3.93. The topological polar surface area (TPSA) is 61.5 Å². The average Bonchev–Trinajstić information content (AvgIpc) is 2.81. The molecule has 2 N–H and O–H groups in total. The first-order valence-corrected chi connectivity index (χ1v) is 7.71. The third-order valence-electron chi connectivity index (χ3n) is 3.23. The zero-order valence-corrected chi connectivity index (χ0v) is 11.6. The maximum absolute atomic E-state index is 9.58. The highest BCUT2D eigenvalue weighted by atomic mass is 32.2. The highest BCUT2D eigenvalue weighted by Crippen LogP contribution is 2.18. The normalized spacial score (nSPS) is 17.7. The van der Waals surface area contributed by atoms with Crippen LogP contribution in [0, 0.1) is 0 Å². The fourth-order valence-corrected chi connectivity index (χ4v) is 2.64. The molecule has 0 spiro atoms. The molecule has 1 aliphatic heterocycles. The van der Waals surface area contributed by atoms with E-state index in [1.54, 1.807) is 0 Å². The molecule has 0 aromatic carbocycles. The van der Waals surface area contributed by atoms with Gasteiger partial charge in [-0.1, -0.05) is 0 Å². The Morgan fingerprint density at radius 2 is 2.33 bits per heavy atom. The zero-order chi connectivity index (χ0) is 13.0. The summed E-state index contributed by atoms with van der Waals surface area (Å²) in [5, 5.41) is 22.8. The van der Waals surface area contributed by atoms with E-state index in [1.165, 1.54) is 12.2 Å². The Bertz CT molecular complexity index is 383. The van der Waals surface area contributed by atoms with Gasteiger partial charge in [-0.05, 0) is 31.0 Å². The molecule has 0 bridgehead atoms. The largest absolute Gasteiger partial charge is 0.393 e. The van der Waals surface area contributed by atoms with Crippen LogP contribution in [0.25, 0.3) is 0 Å². The first-order valence-electron chi connectivity index (χ1n) is 6.31. The van der Waals surface area contributed by atoms with Gasteiger partial charge in [0.05, 0.1) is 24.5 Å². The van der Waals surface area contributed by atoms with E-state index in [2.05, 4.69) is 16.3 Å². The number of thioether (sulfide) groups is 1. The van der Waals surface area contributed by atoms with Crippen LogP contribution in [0.15, 0.2) is 6.07 Å². The van der Waals surface area contributed by atoms with Crippen molar-refractivity contribution in [2.24, 2.45) is 0 Å². The molecule has 1 aromatic rings. The van der Waals surface area contributed by atoms with E-state index >= 15 is 0 Å². The maximum atomic E-state index is 9.58. The summed E-state index contributed by atoms with van der Waals surface area (Å²) in [5.41, 5.74) is 1.71. The highest BCUT2D eigenvalue weighted by molar-refractivity contribution is 7.98. The number of hydrogen-bond donors (Lipinski definition) is 2. The molecule has 0 saturated heterocycles. The number of rotatable bonds is 6.